The number of hydrogen-bond acceptors (Lipinski definition) is 5. The first-order valence-corrected chi connectivity index (χ1v) is 12.6. The lowest BCUT2D eigenvalue weighted by molar-refractivity contribution is 0.521. The zero-order valence-corrected chi connectivity index (χ0v) is 19.8. The Hall–Kier alpha value is -2.59. The summed E-state index contributed by atoms with van der Waals surface area (Å²) in [7, 11) is -0.507. The lowest BCUT2D eigenvalue weighted by Gasteiger charge is -2.18. The van der Waals surface area contributed by atoms with Crippen molar-refractivity contribution in [3.05, 3.63) is 82.1 Å². The fourth-order valence-corrected chi connectivity index (χ4v) is 5.45. The van der Waals surface area contributed by atoms with E-state index in [0.717, 1.165) is 21.8 Å². The standard InChI is InChI=1S/C23H25FN4O2S2/c1-4-28-20-12-11-18(32(29,30)27(2)3)14-19(20)26-22(28)15-25-23(21-6-5-13-31-21)16-7-9-17(24)10-8-16/h5-14,23,25H,4,15H2,1-3H3/t23-/m1/s1. The van der Waals surface area contributed by atoms with Gasteiger partial charge in [0.25, 0.3) is 0 Å². The van der Waals surface area contributed by atoms with Crippen molar-refractivity contribution in [3.8, 4) is 0 Å². The van der Waals surface area contributed by atoms with Crippen LogP contribution in [0.4, 0.5) is 4.39 Å². The first-order chi connectivity index (χ1) is 15.3. The van der Waals surface area contributed by atoms with Crippen LogP contribution in [0.1, 0.15) is 29.2 Å². The molecule has 6 nitrogen and oxygen atoms in total. The molecule has 0 aliphatic heterocycles. The molecule has 0 saturated heterocycles. The monoisotopic (exact) mass is 472 g/mol. The second kappa shape index (κ2) is 9.11. The van der Waals surface area contributed by atoms with Crippen molar-refractivity contribution in [1.29, 1.82) is 0 Å². The van der Waals surface area contributed by atoms with Crippen LogP contribution in [0.5, 0.6) is 0 Å². The zero-order chi connectivity index (χ0) is 22.9. The summed E-state index contributed by atoms with van der Waals surface area (Å²) in [6, 6.07) is 15.5. The minimum absolute atomic E-state index is 0.106. The molecule has 4 aromatic rings. The molecule has 0 unspecified atom stereocenters. The molecule has 2 heterocycles. The van der Waals surface area contributed by atoms with Gasteiger partial charge in [0.2, 0.25) is 10.0 Å². The number of aryl methyl sites for hydroxylation is 1. The Morgan fingerprint density at radius 1 is 1.16 bits per heavy atom. The maximum absolute atomic E-state index is 13.4. The van der Waals surface area contributed by atoms with Gasteiger partial charge in [0.15, 0.2) is 0 Å². The Balaban J connectivity index is 1.67. The van der Waals surface area contributed by atoms with E-state index in [0.29, 0.717) is 18.6 Å². The van der Waals surface area contributed by atoms with Gasteiger partial charge < -0.3 is 4.57 Å². The number of nitrogens with zero attached hydrogens (tertiary/aromatic N) is 3. The van der Waals surface area contributed by atoms with Gasteiger partial charge in [-0.3, -0.25) is 5.32 Å². The molecule has 0 amide bonds. The van der Waals surface area contributed by atoms with E-state index < -0.39 is 10.0 Å². The lowest BCUT2D eigenvalue weighted by Crippen LogP contribution is -2.23. The molecular weight excluding hydrogens is 447 g/mol. The van der Waals surface area contributed by atoms with E-state index in [1.54, 1.807) is 35.6 Å². The van der Waals surface area contributed by atoms with E-state index in [-0.39, 0.29) is 16.8 Å². The molecule has 1 N–H and O–H groups in total. The van der Waals surface area contributed by atoms with Crippen LogP contribution in [0.25, 0.3) is 11.0 Å². The van der Waals surface area contributed by atoms with E-state index in [1.165, 1.54) is 30.5 Å². The molecule has 0 aliphatic rings. The van der Waals surface area contributed by atoms with Crippen LogP contribution >= 0.6 is 11.3 Å². The van der Waals surface area contributed by atoms with Crippen LogP contribution in [0.15, 0.2) is 64.9 Å². The number of nitrogens with one attached hydrogen (secondary N) is 1. The highest BCUT2D eigenvalue weighted by molar-refractivity contribution is 7.89. The number of fused-ring (bicyclic) bond motifs is 1. The summed E-state index contributed by atoms with van der Waals surface area (Å²) in [6.45, 7) is 3.21. The molecular formula is C23H25FN4O2S2. The van der Waals surface area contributed by atoms with Crippen LogP contribution in [0.3, 0.4) is 0 Å². The second-order valence-electron chi connectivity index (χ2n) is 7.59. The third kappa shape index (κ3) is 4.33. The average molecular weight is 473 g/mol. The highest BCUT2D eigenvalue weighted by atomic mass is 32.2. The van der Waals surface area contributed by atoms with Crippen LogP contribution in [0, 0.1) is 5.82 Å². The van der Waals surface area contributed by atoms with Gasteiger partial charge in [-0.2, -0.15) is 0 Å². The van der Waals surface area contributed by atoms with Crippen LogP contribution in [-0.4, -0.2) is 36.4 Å². The second-order valence-corrected chi connectivity index (χ2v) is 10.7. The topological polar surface area (TPSA) is 67.2 Å². The van der Waals surface area contributed by atoms with E-state index in [1.807, 2.05) is 30.5 Å². The Labute approximate surface area is 191 Å². The van der Waals surface area contributed by atoms with E-state index in [2.05, 4.69) is 9.88 Å². The Bertz CT molecular complexity index is 1310. The van der Waals surface area contributed by atoms with Crippen molar-refractivity contribution in [2.75, 3.05) is 14.1 Å². The molecule has 0 spiro atoms. The maximum atomic E-state index is 13.4. The van der Waals surface area contributed by atoms with Crippen LogP contribution in [-0.2, 0) is 23.1 Å². The average Bonchev–Trinajstić information content (AvgIpc) is 3.42. The molecule has 0 fully saturated rings. The summed E-state index contributed by atoms with van der Waals surface area (Å²) in [5.74, 6) is 0.542. The molecule has 9 heteroatoms. The molecule has 168 valence electrons. The summed E-state index contributed by atoms with van der Waals surface area (Å²) in [5, 5.41) is 5.57. The minimum atomic E-state index is -3.53. The number of imidazole rings is 1. The van der Waals surface area contributed by atoms with Crippen molar-refractivity contribution in [2.45, 2.75) is 31.0 Å². The number of thiophene rings is 1. The number of benzene rings is 2. The number of sulfonamides is 1. The van der Waals surface area contributed by atoms with Gasteiger partial charge in [-0.25, -0.2) is 22.1 Å². The third-order valence-corrected chi connectivity index (χ3v) is 8.14. The highest BCUT2D eigenvalue weighted by Gasteiger charge is 2.21. The summed E-state index contributed by atoms with van der Waals surface area (Å²) in [4.78, 5) is 6.08. The van der Waals surface area contributed by atoms with Gasteiger partial charge in [0, 0.05) is 25.5 Å². The molecule has 1 atom stereocenters. The maximum Gasteiger partial charge on any atom is 0.242 e. The molecule has 0 saturated carbocycles. The van der Waals surface area contributed by atoms with Gasteiger partial charge in [-0.05, 0) is 54.3 Å². The first kappa shape index (κ1) is 22.6. The first-order valence-electron chi connectivity index (χ1n) is 10.2. The van der Waals surface area contributed by atoms with Gasteiger partial charge >= 0.3 is 0 Å². The SMILES string of the molecule is CCn1c(CN[C@H](c2ccc(F)cc2)c2cccs2)nc2cc(S(=O)(=O)N(C)C)ccc21. The quantitative estimate of drug-likeness (QED) is 0.413. The van der Waals surface area contributed by atoms with Crippen LogP contribution < -0.4 is 5.32 Å². The Morgan fingerprint density at radius 3 is 2.53 bits per heavy atom. The molecule has 0 radical (unpaired) electrons. The van der Waals surface area contributed by atoms with Crippen molar-refractivity contribution in [2.24, 2.45) is 0 Å². The lowest BCUT2D eigenvalue weighted by atomic mass is 10.1. The summed E-state index contributed by atoms with van der Waals surface area (Å²) < 4.78 is 41.8. The zero-order valence-electron chi connectivity index (χ0n) is 18.1. The predicted molar refractivity (Wildman–Crippen MR) is 126 cm³/mol. The van der Waals surface area contributed by atoms with E-state index in [4.69, 9.17) is 4.98 Å². The smallest absolute Gasteiger partial charge is 0.242 e. The number of aromatic nitrogens is 2. The van der Waals surface area contributed by atoms with Gasteiger partial charge in [0.05, 0.1) is 28.5 Å². The van der Waals surface area contributed by atoms with Gasteiger partial charge in [-0.15, -0.1) is 11.3 Å². The normalized spacial score (nSPS) is 13.2. The third-order valence-electron chi connectivity index (χ3n) is 5.39. The van der Waals surface area contributed by atoms with Crippen molar-refractivity contribution >= 4 is 32.4 Å². The minimum Gasteiger partial charge on any atom is -0.327 e. The Kier molecular flexibility index (Phi) is 6.43. The van der Waals surface area contributed by atoms with E-state index in [9.17, 15) is 12.8 Å². The predicted octanol–water partition coefficient (Wildman–Crippen LogP) is 4.39. The number of rotatable bonds is 8. The molecule has 2 aromatic carbocycles. The van der Waals surface area contributed by atoms with Crippen molar-refractivity contribution in [1.82, 2.24) is 19.2 Å². The largest absolute Gasteiger partial charge is 0.327 e. The summed E-state index contributed by atoms with van der Waals surface area (Å²) >= 11 is 1.63. The number of hydrogen-bond donors (Lipinski definition) is 1. The molecule has 2 aromatic heterocycles. The number of halogens is 1. The highest BCUT2D eigenvalue weighted by Crippen LogP contribution is 2.27. The van der Waals surface area contributed by atoms with Crippen LogP contribution in [0.2, 0.25) is 0 Å². The van der Waals surface area contributed by atoms with Gasteiger partial charge in [-0.1, -0.05) is 18.2 Å². The summed E-state index contributed by atoms with van der Waals surface area (Å²) in [5.41, 5.74) is 2.49. The van der Waals surface area contributed by atoms with Crippen molar-refractivity contribution in [3.63, 3.8) is 0 Å². The Morgan fingerprint density at radius 2 is 1.91 bits per heavy atom. The molecule has 32 heavy (non-hydrogen) atoms. The van der Waals surface area contributed by atoms with E-state index >= 15 is 0 Å². The van der Waals surface area contributed by atoms with Crippen molar-refractivity contribution < 1.29 is 12.8 Å². The molecule has 0 aliphatic carbocycles. The molecule has 4 rings (SSSR count). The van der Waals surface area contributed by atoms with Gasteiger partial charge in [0.1, 0.15) is 11.6 Å². The molecule has 0 bridgehead atoms. The summed E-state index contributed by atoms with van der Waals surface area (Å²) in [6.07, 6.45) is 0. The fraction of sp³-hybridized carbons (Fsp3) is 0.261. The fourth-order valence-electron chi connectivity index (χ4n) is 3.71.